The van der Waals surface area contributed by atoms with Gasteiger partial charge in [-0.15, -0.1) is 11.3 Å². The summed E-state index contributed by atoms with van der Waals surface area (Å²) in [5, 5.41) is 6.15. The highest BCUT2D eigenvalue weighted by Crippen LogP contribution is 2.31. The van der Waals surface area contributed by atoms with Gasteiger partial charge in [0.25, 0.3) is 11.8 Å². The molecular weight excluding hydrogens is 444 g/mol. The number of fused-ring (bicyclic) bond motifs is 1. The average Bonchev–Trinajstić information content (AvgIpc) is 3.55. The van der Waals surface area contributed by atoms with Crippen LogP contribution in [0.15, 0.2) is 60.1 Å². The van der Waals surface area contributed by atoms with Crippen LogP contribution in [0.25, 0.3) is 10.9 Å². The molecule has 1 saturated heterocycles. The standard InChI is InChI=1S/C27H28N4O2S/c1-18-7-8-22(26(32)29-14-10-21-5-3-17-34-21)25(30-18)20-11-15-31(16-12-20)27(33)23-6-2-4-19-9-13-28-24(19)23/h2-9,13,17,20,28H,10-12,14-16H2,1H3,(H,29,32). The maximum absolute atomic E-state index is 13.2. The number of pyridine rings is 1. The van der Waals surface area contributed by atoms with E-state index in [2.05, 4.69) is 21.7 Å². The van der Waals surface area contributed by atoms with Crippen LogP contribution in [0.5, 0.6) is 0 Å². The van der Waals surface area contributed by atoms with Crippen molar-refractivity contribution in [2.24, 2.45) is 0 Å². The minimum atomic E-state index is -0.0732. The number of aryl methyl sites for hydroxylation is 1. The van der Waals surface area contributed by atoms with Crippen molar-refractivity contribution in [2.45, 2.75) is 32.1 Å². The molecule has 34 heavy (non-hydrogen) atoms. The molecule has 3 aromatic heterocycles. The zero-order valence-corrected chi connectivity index (χ0v) is 20.0. The molecule has 0 spiro atoms. The smallest absolute Gasteiger partial charge is 0.255 e. The molecule has 7 heteroatoms. The number of nitrogens with one attached hydrogen (secondary N) is 2. The van der Waals surface area contributed by atoms with E-state index >= 15 is 0 Å². The number of nitrogens with zero attached hydrogens (tertiary/aromatic N) is 2. The average molecular weight is 473 g/mol. The molecule has 174 valence electrons. The van der Waals surface area contributed by atoms with Crippen molar-refractivity contribution in [3.63, 3.8) is 0 Å². The van der Waals surface area contributed by atoms with Crippen molar-refractivity contribution in [3.8, 4) is 0 Å². The van der Waals surface area contributed by atoms with Crippen LogP contribution in [0.2, 0.25) is 0 Å². The van der Waals surface area contributed by atoms with Crippen LogP contribution in [-0.4, -0.2) is 46.3 Å². The minimum Gasteiger partial charge on any atom is -0.361 e. The van der Waals surface area contributed by atoms with Crippen LogP contribution in [0.3, 0.4) is 0 Å². The second-order valence-corrected chi connectivity index (χ2v) is 9.82. The molecule has 1 aliphatic heterocycles. The van der Waals surface area contributed by atoms with Gasteiger partial charge in [0, 0.05) is 47.7 Å². The Morgan fingerprint density at radius 2 is 1.94 bits per heavy atom. The molecule has 4 aromatic rings. The maximum Gasteiger partial charge on any atom is 0.255 e. The first-order valence-electron chi connectivity index (χ1n) is 11.7. The zero-order valence-electron chi connectivity index (χ0n) is 19.2. The molecule has 0 radical (unpaired) electrons. The fourth-order valence-corrected chi connectivity index (χ4v) is 5.43. The van der Waals surface area contributed by atoms with Gasteiger partial charge >= 0.3 is 0 Å². The number of piperidine rings is 1. The van der Waals surface area contributed by atoms with Gasteiger partial charge in [-0.2, -0.15) is 0 Å². The number of carbonyl (C=O) groups excluding carboxylic acids is 2. The summed E-state index contributed by atoms with van der Waals surface area (Å²) >= 11 is 1.70. The van der Waals surface area contributed by atoms with Gasteiger partial charge in [0.15, 0.2) is 0 Å². The third-order valence-electron chi connectivity index (χ3n) is 6.53. The van der Waals surface area contributed by atoms with Gasteiger partial charge in [-0.25, -0.2) is 0 Å². The summed E-state index contributed by atoms with van der Waals surface area (Å²) in [4.78, 5) is 37.4. The first kappa shape index (κ1) is 22.3. The lowest BCUT2D eigenvalue weighted by atomic mass is 9.89. The number of likely N-dealkylation sites (tertiary alicyclic amines) is 1. The summed E-state index contributed by atoms with van der Waals surface area (Å²) in [6.07, 6.45) is 4.27. The van der Waals surface area contributed by atoms with Crippen molar-refractivity contribution < 1.29 is 9.59 Å². The largest absolute Gasteiger partial charge is 0.361 e. The molecular formula is C27H28N4O2S. The van der Waals surface area contributed by atoms with Crippen LogP contribution in [-0.2, 0) is 6.42 Å². The van der Waals surface area contributed by atoms with Gasteiger partial charge in [0.05, 0.1) is 22.3 Å². The number of carbonyl (C=O) groups is 2. The Kier molecular flexibility index (Phi) is 6.45. The number of aromatic amines is 1. The van der Waals surface area contributed by atoms with Gasteiger partial charge in [-0.05, 0) is 61.9 Å². The Balaban J connectivity index is 1.26. The zero-order chi connectivity index (χ0) is 23.5. The number of amides is 2. The fourth-order valence-electron chi connectivity index (χ4n) is 4.72. The van der Waals surface area contributed by atoms with Crippen LogP contribution < -0.4 is 5.32 Å². The molecule has 5 rings (SSSR count). The SMILES string of the molecule is Cc1ccc(C(=O)NCCc2cccs2)c(C2CCN(C(=O)c3cccc4cc[nH]c34)CC2)n1. The lowest BCUT2D eigenvalue weighted by molar-refractivity contribution is 0.0712. The quantitative estimate of drug-likeness (QED) is 0.418. The summed E-state index contributed by atoms with van der Waals surface area (Å²) < 4.78 is 0. The Morgan fingerprint density at radius 3 is 2.74 bits per heavy atom. The van der Waals surface area contributed by atoms with E-state index in [0.29, 0.717) is 30.8 Å². The van der Waals surface area contributed by atoms with E-state index in [1.54, 1.807) is 11.3 Å². The number of rotatable bonds is 6. The van der Waals surface area contributed by atoms with E-state index in [-0.39, 0.29) is 17.7 Å². The Hall–Kier alpha value is -3.45. The summed E-state index contributed by atoms with van der Waals surface area (Å²) in [6, 6.07) is 15.7. The third kappa shape index (κ3) is 4.61. The van der Waals surface area contributed by atoms with E-state index in [1.807, 2.05) is 60.5 Å². The Morgan fingerprint density at radius 1 is 1.09 bits per heavy atom. The van der Waals surface area contributed by atoms with Crippen LogP contribution in [0.1, 0.15) is 55.7 Å². The highest BCUT2D eigenvalue weighted by atomic mass is 32.1. The van der Waals surface area contributed by atoms with Gasteiger partial charge in [0.2, 0.25) is 0 Å². The van der Waals surface area contributed by atoms with Crippen molar-refractivity contribution in [2.75, 3.05) is 19.6 Å². The highest BCUT2D eigenvalue weighted by Gasteiger charge is 2.29. The predicted molar refractivity (Wildman–Crippen MR) is 136 cm³/mol. The Labute approximate surface area is 203 Å². The molecule has 0 atom stereocenters. The van der Waals surface area contributed by atoms with E-state index in [9.17, 15) is 9.59 Å². The summed E-state index contributed by atoms with van der Waals surface area (Å²) in [7, 11) is 0. The van der Waals surface area contributed by atoms with E-state index in [4.69, 9.17) is 4.98 Å². The number of hydrogen-bond acceptors (Lipinski definition) is 4. The molecule has 2 N–H and O–H groups in total. The molecule has 1 aromatic carbocycles. The normalized spacial score (nSPS) is 14.4. The molecule has 0 bridgehead atoms. The number of aromatic nitrogens is 2. The topological polar surface area (TPSA) is 78.1 Å². The van der Waals surface area contributed by atoms with Crippen molar-refractivity contribution in [1.82, 2.24) is 20.2 Å². The molecule has 0 aliphatic carbocycles. The highest BCUT2D eigenvalue weighted by molar-refractivity contribution is 7.09. The second-order valence-electron chi connectivity index (χ2n) is 8.78. The third-order valence-corrected chi connectivity index (χ3v) is 7.47. The lowest BCUT2D eigenvalue weighted by Gasteiger charge is -2.32. The first-order valence-corrected chi connectivity index (χ1v) is 12.6. The van der Waals surface area contributed by atoms with Gasteiger partial charge in [0.1, 0.15) is 0 Å². The molecule has 1 fully saturated rings. The molecule has 0 saturated carbocycles. The molecule has 4 heterocycles. The van der Waals surface area contributed by atoms with Crippen molar-refractivity contribution in [1.29, 1.82) is 0 Å². The molecule has 2 amide bonds. The number of benzene rings is 1. The van der Waals surface area contributed by atoms with Crippen molar-refractivity contribution >= 4 is 34.1 Å². The van der Waals surface area contributed by atoms with Gasteiger partial charge in [-0.1, -0.05) is 18.2 Å². The number of hydrogen-bond donors (Lipinski definition) is 2. The van der Waals surface area contributed by atoms with Crippen LogP contribution >= 0.6 is 11.3 Å². The van der Waals surface area contributed by atoms with E-state index in [0.717, 1.165) is 41.6 Å². The first-order chi connectivity index (χ1) is 16.6. The minimum absolute atomic E-state index is 0.0512. The lowest BCUT2D eigenvalue weighted by Crippen LogP contribution is -2.38. The monoisotopic (exact) mass is 472 g/mol. The summed E-state index contributed by atoms with van der Waals surface area (Å²) in [5.41, 5.74) is 4.00. The summed E-state index contributed by atoms with van der Waals surface area (Å²) in [6.45, 7) is 3.85. The van der Waals surface area contributed by atoms with Crippen LogP contribution in [0.4, 0.5) is 0 Å². The molecule has 6 nitrogen and oxygen atoms in total. The molecule has 1 aliphatic rings. The predicted octanol–water partition coefficient (Wildman–Crippen LogP) is 4.93. The van der Waals surface area contributed by atoms with E-state index in [1.165, 1.54) is 4.88 Å². The number of thiophene rings is 1. The molecule has 0 unspecified atom stereocenters. The summed E-state index contributed by atoms with van der Waals surface area (Å²) in [5.74, 6) is 0.134. The van der Waals surface area contributed by atoms with Crippen LogP contribution in [0, 0.1) is 6.92 Å². The fraction of sp³-hybridized carbons (Fsp3) is 0.296. The van der Waals surface area contributed by atoms with E-state index < -0.39 is 0 Å². The van der Waals surface area contributed by atoms with Gasteiger partial charge < -0.3 is 15.2 Å². The second kappa shape index (κ2) is 9.81. The maximum atomic E-state index is 13.2. The van der Waals surface area contributed by atoms with Crippen molar-refractivity contribution in [3.05, 3.63) is 87.5 Å². The Bertz CT molecular complexity index is 1300. The van der Waals surface area contributed by atoms with Gasteiger partial charge in [-0.3, -0.25) is 14.6 Å². The number of para-hydroxylation sites is 1. The number of H-pyrrole nitrogens is 1.